The predicted octanol–water partition coefficient (Wildman–Crippen LogP) is 2.04. The van der Waals surface area contributed by atoms with E-state index in [0.29, 0.717) is 0 Å². The molecule has 0 spiro atoms. The Morgan fingerprint density at radius 2 is 1.79 bits per heavy atom. The van der Waals surface area contributed by atoms with E-state index in [4.69, 9.17) is 5.11 Å². The highest BCUT2D eigenvalue weighted by molar-refractivity contribution is 8.00. The largest absolute Gasteiger partial charge is 0.480 e. The molecule has 3 N–H and O–H groups in total. The van der Waals surface area contributed by atoms with Crippen LogP contribution in [0.15, 0.2) is 0 Å². The number of nitrogens with one attached hydrogen (secondary N) is 2. The Kier molecular flexibility index (Phi) is 6.47. The van der Waals surface area contributed by atoms with Crippen LogP contribution in [0.1, 0.15) is 20.8 Å². The molecule has 5 nitrogen and oxygen atoms in total. The fraction of sp³-hybridized carbons (Fsp3) is 0.800. The summed E-state index contributed by atoms with van der Waals surface area (Å²) in [5.41, 5.74) is -5.04. The number of hydrogen-bond donors (Lipinski definition) is 3. The standard InChI is InChI=1S/C10H17F3N2O3S/c1-9(2,3)6(7(16)17)15-8(18)14-4-5-19-10(11,12)13/h6H,4-5H2,1-3H3,(H,16,17)(H2,14,15,18)/t6-/m0/s1. The number of carbonyl (C=O) groups excluding carboxylic acids is 1. The monoisotopic (exact) mass is 302 g/mol. The number of carbonyl (C=O) groups is 2. The van der Waals surface area contributed by atoms with E-state index in [1.165, 1.54) is 0 Å². The van der Waals surface area contributed by atoms with Gasteiger partial charge in [-0.2, -0.15) is 13.2 Å². The number of rotatable bonds is 5. The summed E-state index contributed by atoms with van der Waals surface area (Å²) in [5, 5.41) is 13.3. The SMILES string of the molecule is CC(C)(C)[C@@H](NC(=O)NCCSC(F)(F)F)C(=O)O. The normalized spacial score (nSPS) is 13.8. The van der Waals surface area contributed by atoms with Crippen LogP contribution in [-0.4, -0.2) is 41.0 Å². The zero-order chi connectivity index (χ0) is 15.3. The first-order chi connectivity index (χ1) is 8.43. The first-order valence-corrected chi connectivity index (χ1v) is 6.40. The minimum absolute atomic E-state index is 0.202. The van der Waals surface area contributed by atoms with E-state index in [0.717, 1.165) is 0 Å². The summed E-state index contributed by atoms with van der Waals surface area (Å²) in [6.45, 7) is 4.69. The molecular weight excluding hydrogens is 285 g/mol. The average molecular weight is 302 g/mol. The lowest BCUT2D eigenvalue weighted by atomic mass is 9.87. The molecule has 0 saturated heterocycles. The van der Waals surface area contributed by atoms with Gasteiger partial charge in [0, 0.05) is 12.3 Å². The van der Waals surface area contributed by atoms with Crippen molar-refractivity contribution in [1.29, 1.82) is 0 Å². The second kappa shape index (κ2) is 6.88. The third-order valence-corrected chi connectivity index (χ3v) is 2.78. The van der Waals surface area contributed by atoms with Crippen molar-refractivity contribution in [3.63, 3.8) is 0 Å². The van der Waals surface area contributed by atoms with Crippen molar-refractivity contribution in [2.75, 3.05) is 12.3 Å². The highest BCUT2D eigenvalue weighted by Gasteiger charge is 2.32. The number of carboxylic acids is 1. The molecule has 1 atom stereocenters. The van der Waals surface area contributed by atoms with Crippen LogP contribution in [0, 0.1) is 5.41 Å². The second-order valence-corrected chi connectivity index (χ2v) is 5.99. The lowest BCUT2D eigenvalue weighted by Gasteiger charge is -2.27. The third-order valence-electron chi connectivity index (χ3n) is 2.04. The van der Waals surface area contributed by atoms with E-state index in [1.807, 2.05) is 0 Å². The number of hydrogen-bond acceptors (Lipinski definition) is 3. The molecule has 0 heterocycles. The van der Waals surface area contributed by atoms with Gasteiger partial charge in [-0.25, -0.2) is 9.59 Å². The van der Waals surface area contributed by atoms with Gasteiger partial charge in [0.1, 0.15) is 6.04 Å². The molecule has 112 valence electrons. The van der Waals surface area contributed by atoms with E-state index in [-0.39, 0.29) is 24.1 Å². The maximum Gasteiger partial charge on any atom is 0.441 e. The molecule has 0 aromatic rings. The minimum Gasteiger partial charge on any atom is -0.480 e. The summed E-state index contributed by atoms with van der Waals surface area (Å²) in [6.07, 6.45) is 0. The molecule has 0 aliphatic carbocycles. The van der Waals surface area contributed by atoms with Gasteiger partial charge in [-0.05, 0) is 17.2 Å². The van der Waals surface area contributed by atoms with Crippen LogP contribution in [-0.2, 0) is 4.79 Å². The molecule has 0 fully saturated rings. The molecule has 0 saturated carbocycles. The number of aliphatic carboxylic acids is 1. The summed E-state index contributed by atoms with van der Waals surface area (Å²) in [6, 6.07) is -1.92. The number of carboxylic acid groups (broad SMARTS) is 1. The molecule has 0 aliphatic heterocycles. The Bertz CT molecular complexity index is 329. The van der Waals surface area contributed by atoms with Crippen molar-refractivity contribution in [2.45, 2.75) is 32.3 Å². The number of halogens is 3. The molecule has 0 aromatic carbocycles. The quantitative estimate of drug-likeness (QED) is 0.679. The molecule has 2 amide bonds. The molecular formula is C10H17F3N2O3S. The van der Waals surface area contributed by atoms with Crippen LogP contribution in [0.2, 0.25) is 0 Å². The smallest absolute Gasteiger partial charge is 0.441 e. The Morgan fingerprint density at radius 1 is 1.26 bits per heavy atom. The Morgan fingerprint density at radius 3 is 2.16 bits per heavy atom. The topological polar surface area (TPSA) is 78.4 Å². The van der Waals surface area contributed by atoms with Crippen molar-refractivity contribution in [1.82, 2.24) is 10.6 Å². The van der Waals surface area contributed by atoms with Gasteiger partial charge in [-0.1, -0.05) is 20.8 Å². The summed E-state index contributed by atoms with van der Waals surface area (Å²) < 4.78 is 35.4. The van der Waals surface area contributed by atoms with Crippen molar-refractivity contribution < 1.29 is 27.9 Å². The Hall–Kier alpha value is -1.12. The number of urea groups is 1. The summed E-state index contributed by atoms with van der Waals surface area (Å²) in [7, 11) is 0. The van der Waals surface area contributed by atoms with Crippen LogP contribution >= 0.6 is 11.8 Å². The molecule has 19 heavy (non-hydrogen) atoms. The van der Waals surface area contributed by atoms with Gasteiger partial charge in [-0.15, -0.1) is 0 Å². The van der Waals surface area contributed by atoms with E-state index in [9.17, 15) is 22.8 Å². The van der Waals surface area contributed by atoms with E-state index < -0.39 is 29.0 Å². The van der Waals surface area contributed by atoms with Gasteiger partial charge >= 0.3 is 17.5 Å². The molecule has 0 radical (unpaired) electrons. The van der Waals surface area contributed by atoms with E-state index in [2.05, 4.69) is 10.6 Å². The molecule has 9 heteroatoms. The third kappa shape index (κ3) is 8.57. The fourth-order valence-corrected chi connectivity index (χ4v) is 1.60. The Balaban J connectivity index is 4.13. The minimum atomic E-state index is -4.34. The summed E-state index contributed by atoms with van der Waals surface area (Å²) in [5.74, 6) is -1.53. The van der Waals surface area contributed by atoms with Crippen molar-refractivity contribution >= 4 is 23.8 Å². The van der Waals surface area contributed by atoms with Crippen LogP contribution in [0.25, 0.3) is 0 Å². The number of amides is 2. The molecule has 0 bridgehead atoms. The lowest BCUT2D eigenvalue weighted by Crippen LogP contribution is -2.52. The predicted molar refractivity (Wildman–Crippen MR) is 65.9 cm³/mol. The Labute approximate surface area is 113 Å². The van der Waals surface area contributed by atoms with Gasteiger partial charge < -0.3 is 15.7 Å². The lowest BCUT2D eigenvalue weighted by molar-refractivity contribution is -0.141. The average Bonchev–Trinajstić information content (AvgIpc) is 2.17. The van der Waals surface area contributed by atoms with Crippen LogP contribution in [0.4, 0.5) is 18.0 Å². The molecule has 0 aliphatic rings. The summed E-state index contributed by atoms with van der Waals surface area (Å²) >= 11 is -0.253. The molecule has 0 unspecified atom stereocenters. The first kappa shape index (κ1) is 17.9. The van der Waals surface area contributed by atoms with Gasteiger partial charge in [0.05, 0.1) is 0 Å². The second-order valence-electron chi connectivity index (χ2n) is 4.83. The van der Waals surface area contributed by atoms with Gasteiger partial charge in [0.25, 0.3) is 0 Å². The summed E-state index contributed by atoms with van der Waals surface area (Å²) in [4.78, 5) is 22.3. The maximum atomic E-state index is 11.8. The highest BCUT2D eigenvalue weighted by Crippen LogP contribution is 2.29. The highest BCUT2D eigenvalue weighted by atomic mass is 32.2. The van der Waals surface area contributed by atoms with Crippen LogP contribution in [0.5, 0.6) is 0 Å². The first-order valence-electron chi connectivity index (χ1n) is 5.41. The van der Waals surface area contributed by atoms with Gasteiger partial charge in [0.15, 0.2) is 0 Å². The van der Waals surface area contributed by atoms with E-state index >= 15 is 0 Å². The van der Waals surface area contributed by atoms with Crippen molar-refractivity contribution in [2.24, 2.45) is 5.41 Å². The maximum absolute atomic E-state index is 11.8. The van der Waals surface area contributed by atoms with E-state index in [1.54, 1.807) is 20.8 Å². The van der Waals surface area contributed by atoms with Crippen LogP contribution < -0.4 is 10.6 Å². The van der Waals surface area contributed by atoms with Crippen LogP contribution in [0.3, 0.4) is 0 Å². The van der Waals surface area contributed by atoms with Gasteiger partial charge in [0.2, 0.25) is 0 Å². The molecule has 0 rings (SSSR count). The fourth-order valence-electron chi connectivity index (χ4n) is 1.16. The number of thioether (sulfide) groups is 1. The zero-order valence-corrected chi connectivity index (χ0v) is 11.6. The van der Waals surface area contributed by atoms with Crippen molar-refractivity contribution in [3.05, 3.63) is 0 Å². The number of alkyl halides is 3. The van der Waals surface area contributed by atoms with Crippen molar-refractivity contribution in [3.8, 4) is 0 Å². The molecule has 0 aromatic heterocycles. The van der Waals surface area contributed by atoms with Gasteiger partial charge in [-0.3, -0.25) is 0 Å². The zero-order valence-electron chi connectivity index (χ0n) is 10.8.